The molecule has 0 bridgehead atoms. The summed E-state index contributed by atoms with van der Waals surface area (Å²) in [5.74, 6) is 1.09. The molecule has 3 heteroatoms. The number of aromatic nitrogens is 1. The minimum Gasteiger partial charge on any atom is -0.497 e. The fourth-order valence-corrected chi connectivity index (χ4v) is 2.26. The van der Waals surface area contributed by atoms with Crippen molar-refractivity contribution in [1.29, 1.82) is 0 Å². The Morgan fingerprint density at radius 1 is 1.11 bits per heavy atom. The van der Waals surface area contributed by atoms with Crippen LogP contribution in [0.15, 0.2) is 54.7 Å². The zero-order chi connectivity index (χ0) is 13.2. The molecule has 1 heterocycles. The first-order valence-corrected chi connectivity index (χ1v) is 6.17. The summed E-state index contributed by atoms with van der Waals surface area (Å²) in [6.45, 7) is 0.656. The van der Waals surface area contributed by atoms with Gasteiger partial charge in [-0.25, -0.2) is 0 Å². The zero-order valence-corrected chi connectivity index (χ0v) is 10.7. The molecule has 3 rings (SSSR count). The van der Waals surface area contributed by atoms with Crippen molar-refractivity contribution in [2.24, 2.45) is 0 Å². The summed E-state index contributed by atoms with van der Waals surface area (Å²) in [5, 5.41) is 12.1. The number of nitrogens with zero attached hydrogens (tertiary/aromatic N) is 1. The topological polar surface area (TPSA) is 34.4 Å². The molecule has 3 nitrogen and oxygen atoms in total. The van der Waals surface area contributed by atoms with Crippen LogP contribution in [-0.2, 0) is 6.54 Å². The van der Waals surface area contributed by atoms with Gasteiger partial charge in [0.05, 0.1) is 13.7 Å². The van der Waals surface area contributed by atoms with Crippen LogP contribution in [-0.4, -0.2) is 16.8 Å². The highest BCUT2D eigenvalue weighted by molar-refractivity contribution is 5.89. The Hall–Kier alpha value is -2.42. The predicted molar refractivity (Wildman–Crippen MR) is 75.7 cm³/mol. The van der Waals surface area contributed by atoms with E-state index in [-0.39, 0.29) is 0 Å². The van der Waals surface area contributed by atoms with Gasteiger partial charge >= 0.3 is 0 Å². The Labute approximate surface area is 111 Å². The number of hydrogen-bond acceptors (Lipinski definition) is 2. The monoisotopic (exact) mass is 253 g/mol. The second-order valence-corrected chi connectivity index (χ2v) is 4.52. The van der Waals surface area contributed by atoms with E-state index in [4.69, 9.17) is 4.74 Å². The van der Waals surface area contributed by atoms with E-state index in [1.165, 1.54) is 0 Å². The van der Waals surface area contributed by atoms with Gasteiger partial charge in [-0.1, -0.05) is 30.3 Å². The fraction of sp³-hybridized carbons (Fsp3) is 0.125. The molecule has 0 spiro atoms. The van der Waals surface area contributed by atoms with Crippen molar-refractivity contribution < 1.29 is 9.84 Å². The molecule has 2 aromatic carbocycles. The van der Waals surface area contributed by atoms with Crippen LogP contribution >= 0.6 is 0 Å². The maximum absolute atomic E-state index is 10.2. The lowest BCUT2D eigenvalue weighted by Gasteiger charge is -2.04. The molecule has 96 valence electrons. The van der Waals surface area contributed by atoms with Crippen molar-refractivity contribution in [3.05, 3.63) is 60.3 Å². The number of benzene rings is 2. The van der Waals surface area contributed by atoms with Crippen LogP contribution in [0.4, 0.5) is 0 Å². The molecule has 0 radical (unpaired) electrons. The summed E-state index contributed by atoms with van der Waals surface area (Å²) >= 11 is 0. The number of fused-ring (bicyclic) bond motifs is 1. The summed E-state index contributed by atoms with van der Waals surface area (Å²) in [6.07, 6.45) is 1.94. The molecule has 19 heavy (non-hydrogen) atoms. The lowest BCUT2D eigenvalue weighted by Crippen LogP contribution is -1.96. The standard InChI is InChI=1S/C16H15NO2/c1-19-14-7-8-15-13(9-14)11-17(16(15)18)10-12-5-3-2-4-6-12/h2-9,11,18H,10H2,1H3. The molecule has 0 aliphatic carbocycles. The quantitative estimate of drug-likeness (QED) is 0.776. The molecule has 3 aromatic rings. The van der Waals surface area contributed by atoms with E-state index in [0.29, 0.717) is 12.4 Å². The van der Waals surface area contributed by atoms with Gasteiger partial charge in [-0.2, -0.15) is 0 Å². The first-order valence-electron chi connectivity index (χ1n) is 6.17. The molecule has 0 unspecified atom stereocenters. The van der Waals surface area contributed by atoms with Crippen LogP contribution in [0.5, 0.6) is 11.6 Å². The van der Waals surface area contributed by atoms with Crippen molar-refractivity contribution in [2.75, 3.05) is 7.11 Å². The zero-order valence-electron chi connectivity index (χ0n) is 10.7. The molecule has 0 amide bonds. The normalized spacial score (nSPS) is 10.8. The van der Waals surface area contributed by atoms with Gasteiger partial charge in [0.25, 0.3) is 0 Å². The third-order valence-electron chi connectivity index (χ3n) is 3.26. The van der Waals surface area contributed by atoms with E-state index < -0.39 is 0 Å². The molecular weight excluding hydrogens is 238 g/mol. The van der Waals surface area contributed by atoms with Crippen LogP contribution in [0.1, 0.15) is 5.56 Å². The van der Waals surface area contributed by atoms with Crippen molar-refractivity contribution in [1.82, 2.24) is 4.57 Å². The number of rotatable bonds is 3. The average molecular weight is 253 g/mol. The number of ether oxygens (including phenoxy) is 1. The third-order valence-corrected chi connectivity index (χ3v) is 3.26. The first kappa shape index (κ1) is 11.7. The van der Waals surface area contributed by atoms with Crippen molar-refractivity contribution in [3.8, 4) is 11.6 Å². The lowest BCUT2D eigenvalue weighted by molar-refractivity contribution is 0.415. The molecule has 0 atom stereocenters. The SMILES string of the molecule is COc1ccc2c(O)n(Cc3ccccc3)cc2c1. The maximum Gasteiger partial charge on any atom is 0.199 e. The third kappa shape index (κ3) is 2.15. The molecule has 0 aliphatic rings. The summed E-state index contributed by atoms with van der Waals surface area (Å²) in [7, 11) is 1.64. The Morgan fingerprint density at radius 3 is 2.63 bits per heavy atom. The van der Waals surface area contributed by atoms with E-state index in [1.54, 1.807) is 7.11 Å². The molecule has 1 N–H and O–H groups in total. The van der Waals surface area contributed by atoms with Gasteiger partial charge in [-0.15, -0.1) is 0 Å². The van der Waals surface area contributed by atoms with Crippen LogP contribution in [0.2, 0.25) is 0 Å². The number of methoxy groups -OCH3 is 1. The highest BCUT2D eigenvalue weighted by Crippen LogP contribution is 2.30. The molecular formula is C16H15NO2. The minimum absolute atomic E-state index is 0.293. The van der Waals surface area contributed by atoms with E-state index >= 15 is 0 Å². The van der Waals surface area contributed by atoms with Crippen molar-refractivity contribution in [3.63, 3.8) is 0 Å². The van der Waals surface area contributed by atoms with E-state index in [0.717, 1.165) is 22.1 Å². The Morgan fingerprint density at radius 2 is 1.89 bits per heavy atom. The van der Waals surface area contributed by atoms with E-state index in [9.17, 15) is 5.11 Å². The molecule has 0 fully saturated rings. The highest BCUT2D eigenvalue weighted by Gasteiger charge is 2.09. The summed E-state index contributed by atoms with van der Waals surface area (Å²) in [5.41, 5.74) is 1.16. The molecule has 0 aliphatic heterocycles. The predicted octanol–water partition coefficient (Wildman–Crippen LogP) is 3.40. The largest absolute Gasteiger partial charge is 0.497 e. The van der Waals surface area contributed by atoms with Crippen LogP contribution in [0.25, 0.3) is 10.8 Å². The average Bonchev–Trinajstić information content (AvgIpc) is 2.76. The van der Waals surface area contributed by atoms with E-state index in [1.807, 2.05) is 59.3 Å². The Balaban J connectivity index is 2.02. The molecule has 0 saturated heterocycles. The fourth-order valence-electron chi connectivity index (χ4n) is 2.26. The molecule has 0 saturated carbocycles. The smallest absolute Gasteiger partial charge is 0.199 e. The first-order chi connectivity index (χ1) is 9.28. The summed E-state index contributed by atoms with van der Waals surface area (Å²) in [6, 6.07) is 15.7. The Bertz CT molecular complexity index is 701. The minimum atomic E-state index is 0.293. The van der Waals surface area contributed by atoms with Crippen molar-refractivity contribution in [2.45, 2.75) is 6.54 Å². The van der Waals surface area contributed by atoms with E-state index in [2.05, 4.69) is 0 Å². The summed E-state index contributed by atoms with van der Waals surface area (Å²) in [4.78, 5) is 0. The number of aromatic hydroxyl groups is 1. The van der Waals surface area contributed by atoms with Crippen LogP contribution in [0.3, 0.4) is 0 Å². The summed E-state index contributed by atoms with van der Waals surface area (Å²) < 4.78 is 7.05. The van der Waals surface area contributed by atoms with Gasteiger partial charge in [-0.3, -0.25) is 0 Å². The van der Waals surface area contributed by atoms with Crippen molar-refractivity contribution >= 4 is 10.8 Å². The highest BCUT2D eigenvalue weighted by atomic mass is 16.5. The van der Waals surface area contributed by atoms with Gasteiger partial charge in [0.2, 0.25) is 0 Å². The second kappa shape index (κ2) is 4.69. The number of hydrogen-bond donors (Lipinski definition) is 1. The van der Waals surface area contributed by atoms with Gasteiger partial charge < -0.3 is 14.4 Å². The maximum atomic E-state index is 10.2. The molecule has 1 aromatic heterocycles. The van der Waals surface area contributed by atoms with Gasteiger partial charge in [0.15, 0.2) is 5.88 Å². The lowest BCUT2D eigenvalue weighted by atomic mass is 10.2. The van der Waals surface area contributed by atoms with Gasteiger partial charge in [0, 0.05) is 17.0 Å². The van der Waals surface area contributed by atoms with Crippen LogP contribution < -0.4 is 4.74 Å². The van der Waals surface area contributed by atoms with Crippen LogP contribution in [0, 0.1) is 0 Å². The second-order valence-electron chi connectivity index (χ2n) is 4.52. The van der Waals surface area contributed by atoms with Gasteiger partial charge in [0.1, 0.15) is 5.75 Å². The Kier molecular flexibility index (Phi) is 2.88. The van der Waals surface area contributed by atoms with Gasteiger partial charge in [-0.05, 0) is 23.8 Å².